The first kappa shape index (κ1) is 13.7. The Bertz CT molecular complexity index is 623. The van der Waals surface area contributed by atoms with Gasteiger partial charge < -0.3 is 5.32 Å². The number of nitrogens with one attached hydrogen (secondary N) is 1. The zero-order valence-electron chi connectivity index (χ0n) is 9.94. The molecule has 0 saturated heterocycles. The second-order valence-corrected chi connectivity index (χ2v) is 4.64. The van der Waals surface area contributed by atoms with Gasteiger partial charge in [0, 0.05) is 11.1 Å². The molecule has 1 amide bonds. The quantitative estimate of drug-likeness (QED) is 0.820. The maximum Gasteiger partial charge on any atom is 0.248 e. The van der Waals surface area contributed by atoms with Crippen LogP contribution in [0.5, 0.6) is 0 Å². The standard InChI is InChI=1S/C15H11Cl2NO/c16-12-6-2-1-5-11(12)9-10-15(19)18-14-8-4-3-7-13(14)17/h1-10H,(H,18,19). The molecule has 0 heterocycles. The van der Waals surface area contributed by atoms with Crippen molar-refractivity contribution < 1.29 is 4.79 Å². The van der Waals surface area contributed by atoms with Crippen LogP contribution in [0.2, 0.25) is 10.0 Å². The highest BCUT2D eigenvalue weighted by Crippen LogP contribution is 2.20. The highest BCUT2D eigenvalue weighted by atomic mass is 35.5. The second kappa shape index (κ2) is 6.41. The molecule has 2 nitrogen and oxygen atoms in total. The minimum absolute atomic E-state index is 0.256. The van der Waals surface area contributed by atoms with E-state index >= 15 is 0 Å². The van der Waals surface area contributed by atoms with Crippen LogP contribution in [0, 0.1) is 0 Å². The summed E-state index contributed by atoms with van der Waals surface area (Å²) in [6.07, 6.45) is 3.08. The minimum Gasteiger partial charge on any atom is -0.321 e. The predicted molar refractivity (Wildman–Crippen MR) is 80.6 cm³/mol. The summed E-state index contributed by atoms with van der Waals surface area (Å²) in [5.74, 6) is -0.256. The summed E-state index contributed by atoms with van der Waals surface area (Å²) >= 11 is 11.9. The average Bonchev–Trinajstić information content (AvgIpc) is 2.40. The van der Waals surface area contributed by atoms with E-state index in [1.54, 1.807) is 36.4 Å². The number of benzene rings is 2. The molecule has 0 aliphatic rings. The van der Waals surface area contributed by atoms with Crippen LogP contribution in [0.4, 0.5) is 5.69 Å². The van der Waals surface area contributed by atoms with Gasteiger partial charge in [-0.25, -0.2) is 0 Å². The topological polar surface area (TPSA) is 29.1 Å². The third-order valence-corrected chi connectivity index (χ3v) is 3.13. The lowest BCUT2D eigenvalue weighted by molar-refractivity contribution is -0.111. The normalized spacial score (nSPS) is 10.6. The Kier molecular flexibility index (Phi) is 4.61. The molecule has 2 aromatic carbocycles. The predicted octanol–water partition coefficient (Wildman–Crippen LogP) is 4.65. The molecule has 19 heavy (non-hydrogen) atoms. The molecular weight excluding hydrogens is 281 g/mol. The number of para-hydroxylation sites is 1. The number of rotatable bonds is 3. The van der Waals surface area contributed by atoms with Crippen molar-refractivity contribution in [1.82, 2.24) is 0 Å². The van der Waals surface area contributed by atoms with Gasteiger partial charge in [0.05, 0.1) is 10.7 Å². The molecule has 0 radical (unpaired) electrons. The first-order chi connectivity index (χ1) is 9.16. The van der Waals surface area contributed by atoms with Gasteiger partial charge in [-0.05, 0) is 29.8 Å². The van der Waals surface area contributed by atoms with E-state index in [9.17, 15) is 4.79 Å². The van der Waals surface area contributed by atoms with E-state index in [0.717, 1.165) is 5.56 Å². The van der Waals surface area contributed by atoms with Crippen molar-refractivity contribution in [3.05, 3.63) is 70.2 Å². The van der Waals surface area contributed by atoms with Gasteiger partial charge in [-0.3, -0.25) is 4.79 Å². The van der Waals surface area contributed by atoms with Crippen molar-refractivity contribution in [3.8, 4) is 0 Å². The Morgan fingerprint density at radius 3 is 2.26 bits per heavy atom. The lowest BCUT2D eigenvalue weighted by atomic mass is 10.2. The van der Waals surface area contributed by atoms with Crippen molar-refractivity contribution in [2.24, 2.45) is 0 Å². The van der Waals surface area contributed by atoms with Gasteiger partial charge in [-0.15, -0.1) is 0 Å². The molecule has 0 saturated carbocycles. The molecule has 1 N–H and O–H groups in total. The first-order valence-corrected chi connectivity index (χ1v) is 6.40. The fourth-order valence-electron chi connectivity index (χ4n) is 1.51. The van der Waals surface area contributed by atoms with Crippen molar-refractivity contribution in [2.45, 2.75) is 0 Å². The second-order valence-electron chi connectivity index (χ2n) is 3.82. The summed E-state index contributed by atoms with van der Waals surface area (Å²) in [5.41, 5.74) is 1.37. The summed E-state index contributed by atoms with van der Waals surface area (Å²) in [5, 5.41) is 3.80. The summed E-state index contributed by atoms with van der Waals surface area (Å²) in [6.45, 7) is 0. The number of hydrogen-bond donors (Lipinski definition) is 1. The third-order valence-electron chi connectivity index (χ3n) is 2.45. The lowest BCUT2D eigenvalue weighted by Crippen LogP contribution is -2.07. The fraction of sp³-hybridized carbons (Fsp3) is 0. The summed E-state index contributed by atoms with van der Waals surface area (Å²) in [6, 6.07) is 14.4. The van der Waals surface area contributed by atoms with Crippen molar-refractivity contribution in [3.63, 3.8) is 0 Å². The van der Waals surface area contributed by atoms with Gasteiger partial charge in [0.1, 0.15) is 0 Å². The summed E-state index contributed by atoms with van der Waals surface area (Å²) < 4.78 is 0. The number of amides is 1. The van der Waals surface area contributed by atoms with E-state index in [1.807, 2.05) is 18.2 Å². The smallest absolute Gasteiger partial charge is 0.248 e. The van der Waals surface area contributed by atoms with Crippen LogP contribution in [0.25, 0.3) is 6.08 Å². The largest absolute Gasteiger partial charge is 0.321 e. The molecule has 2 aromatic rings. The number of halogens is 2. The molecule has 0 bridgehead atoms. The van der Waals surface area contributed by atoms with E-state index in [4.69, 9.17) is 23.2 Å². The number of anilines is 1. The van der Waals surface area contributed by atoms with Crippen LogP contribution in [-0.2, 0) is 4.79 Å². The molecule has 96 valence electrons. The van der Waals surface area contributed by atoms with E-state index in [2.05, 4.69) is 5.32 Å². The Morgan fingerprint density at radius 1 is 0.947 bits per heavy atom. The van der Waals surface area contributed by atoms with Gasteiger partial charge in [-0.1, -0.05) is 53.5 Å². The Morgan fingerprint density at radius 2 is 1.58 bits per heavy atom. The molecule has 0 aliphatic carbocycles. The number of hydrogen-bond acceptors (Lipinski definition) is 1. The monoisotopic (exact) mass is 291 g/mol. The fourth-order valence-corrected chi connectivity index (χ4v) is 1.89. The zero-order chi connectivity index (χ0) is 13.7. The molecule has 0 atom stereocenters. The van der Waals surface area contributed by atoms with Crippen LogP contribution in [0.1, 0.15) is 5.56 Å². The van der Waals surface area contributed by atoms with Crippen LogP contribution in [-0.4, -0.2) is 5.91 Å². The van der Waals surface area contributed by atoms with Crippen LogP contribution >= 0.6 is 23.2 Å². The van der Waals surface area contributed by atoms with Gasteiger partial charge in [0.25, 0.3) is 0 Å². The Balaban J connectivity index is 2.06. The van der Waals surface area contributed by atoms with Gasteiger partial charge in [-0.2, -0.15) is 0 Å². The van der Waals surface area contributed by atoms with Gasteiger partial charge >= 0.3 is 0 Å². The number of carbonyl (C=O) groups excluding carboxylic acids is 1. The number of carbonyl (C=O) groups is 1. The molecule has 0 spiro atoms. The molecule has 0 fully saturated rings. The molecule has 0 aliphatic heterocycles. The van der Waals surface area contributed by atoms with Crippen LogP contribution in [0.3, 0.4) is 0 Å². The van der Waals surface area contributed by atoms with Crippen molar-refractivity contribution >= 4 is 40.9 Å². The van der Waals surface area contributed by atoms with Crippen LogP contribution in [0.15, 0.2) is 54.6 Å². The summed E-state index contributed by atoms with van der Waals surface area (Å²) in [4.78, 5) is 11.7. The highest BCUT2D eigenvalue weighted by molar-refractivity contribution is 6.34. The van der Waals surface area contributed by atoms with Crippen molar-refractivity contribution in [2.75, 3.05) is 5.32 Å². The van der Waals surface area contributed by atoms with E-state index < -0.39 is 0 Å². The first-order valence-electron chi connectivity index (χ1n) is 5.65. The average molecular weight is 292 g/mol. The molecular formula is C15H11Cl2NO. The summed E-state index contributed by atoms with van der Waals surface area (Å²) in [7, 11) is 0. The van der Waals surface area contributed by atoms with E-state index in [-0.39, 0.29) is 5.91 Å². The zero-order valence-corrected chi connectivity index (χ0v) is 11.4. The van der Waals surface area contributed by atoms with Crippen molar-refractivity contribution in [1.29, 1.82) is 0 Å². The molecule has 0 unspecified atom stereocenters. The van der Waals surface area contributed by atoms with E-state index in [0.29, 0.717) is 15.7 Å². The molecule has 2 rings (SSSR count). The van der Waals surface area contributed by atoms with Gasteiger partial charge in [0.2, 0.25) is 5.91 Å². The minimum atomic E-state index is -0.256. The maximum absolute atomic E-state index is 11.7. The molecule has 4 heteroatoms. The molecule has 0 aromatic heterocycles. The SMILES string of the molecule is O=C(C=Cc1ccccc1Cl)Nc1ccccc1Cl. The Labute approximate surface area is 121 Å². The highest BCUT2D eigenvalue weighted by Gasteiger charge is 2.02. The van der Waals surface area contributed by atoms with E-state index in [1.165, 1.54) is 6.08 Å². The van der Waals surface area contributed by atoms with Crippen LogP contribution < -0.4 is 5.32 Å². The third kappa shape index (κ3) is 3.85. The lowest BCUT2D eigenvalue weighted by Gasteiger charge is -2.03. The van der Waals surface area contributed by atoms with Gasteiger partial charge in [0.15, 0.2) is 0 Å². The Hall–Kier alpha value is -1.77. The maximum atomic E-state index is 11.7.